The van der Waals surface area contributed by atoms with Crippen molar-refractivity contribution < 1.29 is 13.9 Å². The van der Waals surface area contributed by atoms with Gasteiger partial charge in [0.2, 0.25) is 0 Å². The largest absolute Gasteiger partial charge is 0.497 e. The van der Waals surface area contributed by atoms with Crippen molar-refractivity contribution in [2.45, 2.75) is 42.6 Å². The molecule has 0 aliphatic heterocycles. The second-order valence-corrected chi connectivity index (χ2v) is 9.74. The lowest BCUT2D eigenvalue weighted by Gasteiger charge is -2.15. The summed E-state index contributed by atoms with van der Waals surface area (Å²) >= 11 is 1.27. The van der Waals surface area contributed by atoms with Gasteiger partial charge in [0.25, 0.3) is 11.5 Å². The van der Waals surface area contributed by atoms with Crippen molar-refractivity contribution in [2.24, 2.45) is 0 Å². The van der Waals surface area contributed by atoms with Gasteiger partial charge < -0.3 is 10.1 Å². The summed E-state index contributed by atoms with van der Waals surface area (Å²) in [5, 5.41) is 3.89. The lowest BCUT2D eigenvalue weighted by Crippen LogP contribution is -2.32. The number of carbonyl (C=O) groups excluding carboxylic acids is 1. The number of nitrogens with one attached hydrogen (secondary N) is 1. The van der Waals surface area contributed by atoms with E-state index in [9.17, 15) is 14.0 Å². The Morgan fingerprint density at radius 3 is 2.58 bits per heavy atom. The molecule has 1 aromatic heterocycles. The minimum atomic E-state index is -0.310. The quantitative estimate of drug-likeness (QED) is 0.266. The first-order valence-electron chi connectivity index (χ1n) is 11.9. The van der Waals surface area contributed by atoms with Crippen LogP contribution in [-0.2, 0) is 5.75 Å². The first-order valence-corrected chi connectivity index (χ1v) is 12.9. The highest BCUT2D eigenvalue weighted by Gasteiger charge is 2.20. The number of methoxy groups -OCH3 is 1. The number of nitrogens with zero attached hydrogens (tertiary/aromatic N) is 2. The summed E-state index contributed by atoms with van der Waals surface area (Å²) in [6, 6.07) is 18.8. The topological polar surface area (TPSA) is 73.2 Å². The lowest BCUT2D eigenvalue weighted by atomic mass is 10.1. The van der Waals surface area contributed by atoms with E-state index in [1.807, 2.05) is 0 Å². The second-order valence-electron chi connectivity index (χ2n) is 8.80. The monoisotopic (exact) mass is 503 g/mol. The number of carbonyl (C=O) groups is 1. The summed E-state index contributed by atoms with van der Waals surface area (Å²) in [6.45, 7) is 0. The Balaban J connectivity index is 1.56. The first-order chi connectivity index (χ1) is 17.5. The minimum absolute atomic E-state index is 0.162. The van der Waals surface area contributed by atoms with E-state index >= 15 is 0 Å². The molecule has 4 aromatic rings. The molecule has 0 unspecified atom stereocenters. The fourth-order valence-electron chi connectivity index (χ4n) is 4.46. The molecular formula is C28H26FN3O3S. The van der Waals surface area contributed by atoms with Crippen molar-refractivity contribution in [3.8, 4) is 11.4 Å². The number of hydrogen-bond donors (Lipinski definition) is 1. The van der Waals surface area contributed by atoms with Gasteiger partial charge in [-0.2, -0.15) is 0 Å². The van der Waals surface area contributed by atoms with Crippen molar-refractivity contribution in [2.75, 3.05) is 7.11 Å². The summed E-state index contributed by atoms with van der Waals surface area (Å²) in [6.07, 6.45) is 4.22. The maximum absolute atomic E-state index is 14.3. The summed E-state index contributed by atoms with van der Waals surface area (Å²) in [5.74, 6) is 0.488. The van der Waals surface area contributed by atoms with Gasteiger partial charge in [0.05, 0.1) is 23.7 Å². The number of thioether (sulfide) groups is 1. The minimum Gasteiger partial charge on any atom is -0.497 e. The van der Waals surface area contributed by atoms with E-state index in [1.165, 1.54) is 22.4 Å². The number of benzene rings is 3. The molecule has 5 rings (SSSR count). The molecule has 1 N–H and O–H groups in total. The van der Waals surface area contributed by atoms with E-state index in [0.717, 1.165) is 25.7 Å². The third-order valence-electron chi connectivity index (χ3n) is 6.44. The molecule has 1 amide bonds. The fourth-order valence-corrected chi connectivity index (χ4v) is 5.46. The Labute approximate surface area is 212 Å². The molecule has 0 spiro atoms. The van der Waals surface area contributed by atoms with Crippen molar-refractivity contribution >= 4 is 28.6 Å². The molecule has 1 heterocycles. The number of halogens is 1. The van der Waals surface area contributed by atoms with Gasteiger partial charge in [0, 0.05) is 17.4 Å². The number of hydrogen-bond acceptors (Lipinski definition) is 5. The Bertz CT molecular complexity index is 1460. The van der Waals surface area contributed by atoms with Gasteiger partial charge >= 0.3 is 0 Å². The van der Waals surface area contributed by atoms with Crippen LogP contribution in [0.1, 0.15) is 41.6 Å². The summed E-state index contributed by atoms with van der Waals surface area (Å²) in [4.78, 5) is 31.2. The summed E-state index contributed by atoms with van der Waals surface area (Å²) < 4.78 is 21.0. The van der Waals surface area contributed by atoms with Crippen molar-refractivity contribution in [3.05, 3.63) is 94.0 Å². The van der Waals surface area contributed by atoms with Gasteiger partial charge in [0.15, 0.2) is 5.16 Å². The molecule has 1 aliphatic carbocycles. The van der Waals surface area contributed by atoms with Gasteiger partial charge in [0.1, 0.15) is 11.6 Å². The number of ether oxygens (including phenoxy) is 1. The van der Waals surface area contributed by atoms with E-state index in [-0.39, 0.29) is 23.3 Å². The van der Waals surface area contributed by atoms with Crippen LogP contribution in [0.2, 0.25) is 0 Å². The standard InChI is InChI=1S/C28H26FN3O3S/c1-35-22-13-11-21(12-14-22)32-27(34)23-15-10-18(26(33)30-20-7-3-4-8-20)16-25(23)31-28(32)36-17-19-6-2-5-9-24(19)29/h2,5-6,9-16,20H,3-4,7-8,17H2,1H3,(H,30,33). The molecular weight excluding hydrogens is 477 g/mol. The molecule has 1 aliphatic rings. The van der Waals surface area contributed by atoms with E-state index < -0.39 is 0 Å². The van der Waals surface area contributed by atoms with Gasteiger partial charge in [-0.05, 0) is 66.9 Å². The fraction of sp³-hybridized carbons (Fsp3) is 0.250. The summed E-state index contributed by atoms with van der Waals surface area (Å²) in [7, 11) is 1.58. The molecule has 1 fully saturated rings. The van der Waals surface area contributed by atoms with Crippen LogP contribution >= 0.6 is 11.8 Å². The molecule has 0 radical (unpaired) electrons. The average molecular weight is 504 g/mol. The molecule has 6 nitrogen and oxygen atoms in total. The predicted octanol–water partition coefficient (Wildman–Crippen LogP) is 5.50. The van der Waals surface area contributed by atoms with Crippen LogP contribution in [0.25, 0.3) is 16.6 Å². The van der Waals surface area contributed by atoms with Gasteiger partial charge in [-0.25, -0.2) is 9.37 Å². The third kappa shape index (κ3) is 4.99. The molecule has 0 bridgehead atoms. The Morgan fingerprint density at radius 2 is 1.86 bits per heavy atom. The first kappa shape index (κ1) is 24.1. The second kappa shape index (κ2) is 10.5. The van der Waals surface area contributed by atoms with E-state index in [1.54, 1.807) is 67.8 Å². The van der Waals surface area contributed by atoms with Gasteiger partial charge in [-0.15, -0.1) is 0 Å². The Morgan fingerprint density at radius 1 is 1.11 bits per heavy atom. The molecule has 1 saturated carbocycles. The third-order valence-corrected chi connectivity index (χ3v) is 7.42. The van der Waals surface area contributed by atoms with Crippen LogP contribution in [-0.4, -0.2) is 28.6 Å². The highest BCUT2D eigenvalue weighted by atomic mass is 32.2. The number of aromatic nitrogens is 2. The van der Waals surface area contributed by atoms with Crippen LogP contribution < -0.4 is 15.6 Å². The zero-order chi connectivity index (χ0) is 25.1. The smallest absolute Gasteiger partial charge is 0.266 e. The van der Waals surface area contributed by atoms with Crippen LogP contribution in [0.15, 0.2) is 76.7 Å². The SMILES string of the molecule is COc1ccc(-n2c(SCc3ccccc3F)nc3cc(C(=O)NC4CCCC4)ccc3c2=O)cc1. The molecule has 0 saturated heterocycles. The van der Waals surface area contributed by atoms with E-state index in [0.29, 0.717) is 44.4 Å². The molecule has 184 valence electrons. The zero-order valence-electron chi connectivity index (χ0n) is 19.9. The van der Waals surface area contributed by atoms with E-state index in [2.05, 4.69) is 5.32 Å². The normalized spacial score (nSPS) is 13.7. The van der Waals surface area contributed by atoms with Crippen molar-refractivity contribution in [3.63, 3.8) is 0 Å². The zero-order valence-corrected chi connectivity index (χ0v) is 20.7. The predicted molar refractivity (Wildman–Crippen MR) is 140 cm³/mol. The van der Waals surface area contributed by atoms with Gasteiger partial charge in [-0.3, -0.25) is 14.2 Å². The number of rotatable bonds is 7. The molecule has 3 aromatic carbocycles. The molecule has 0 atom stereocenters. The van der Waals surface area contributed by atoms with Crippen LogP contribution in [0.3, 0.4) is 0 Å². The highest BCUT2D eigenvalue weighted by Crippen LogP contribution is 2.27. The average Bonchev–Trinajstić information content (AvgIpc) is 3.41. The van der Waals surface area contributed by atoms with Crippen molar-refractivity contribution in [1.29, 1.82) is 0 Å². The highest BCUT2D eigenvalue weighted by molar-refractivity contribution is 7.98. The van der Waals surface area contributed by atoms with Crippen molar-refractivity contribution in [1.82, 2.24) is 14.9 Å². The summed E-state index contributed by atoms with van der Waals surface area (Å²) in [5.41, 5.74) is 1.77. The van der Waals surface area contributed by atoms with Crippen LogP contribution in [0.5, 0.6) is 5.75 Å². The molecule has 36 heavy (non-hydrogen) atoms. The number of fused-ring (bicyclic) bond motifs is 1. The Kier molecular flexibility index (Phi) is 7.04. The maximum atomic E-state index is 14.3. The number of amides is 1. The lowest BCUT2D eigenvalue weighted by molar-refractivity contribution is 0.0938. The molecule has 8 heteroatoms. The van der Waals surface area contributed by atoms with E-state index in [4.69, 9.17) is 9.72 Å². The maximum Gasteiger partial charge on any atom is 0.266 e. The Hall–Kier alpha value is -3.65. The van der Waals surface area contributed by atoms with Gasteiger partial charge in [-0.1, -0.05) is 42.8 Å². The van der Waals surface area contributed by atoms with Crippen LogP contribution in [0, 0.1) is 5.82 Å². The van der Waals surface area contributed by atoms with Crippen LogP contribution in [0.4, 0.5) is 4.39 Å².